The van der Waals surface area contributed by atoms with Crippen LogP contribution in [0.5, 0.6) is 11.5 Å². The Hall–Kier alpha value is -3.09. The molecule has 0 bridgehead atoms. The molecule has 2 aromatic carbocycles. The first kappa shape index (κ1) is 18.3. The number of hydrogen-bond donors (Lipinski definition) is 1. The molecule has 1 unspecified atom stereocenters. The maximum Gasteiger partial charge on any atom is 0.273 e. The van der Waals surface area contributed by atoms with E-state index in [1.165, 1.54) is 25.3 Å². The van der Waals surface area contributed by atoms with E-state index in [2.05, 4.69) is 5.32 Å². The van der Waals surface area contributed by atoms with Crippen molar-refractivity contribution < 1.29 is 19.2 Å². The van der Waals surface area contributed by atoms with Gasteiger partial charge in [-0.05, 0) is 43.7 Å². The average molecular weight is 344 g/mol. The standard InChI is InChI=1S/C18H20N2O5/c1-4-12(2)25-15-8-5-13(6-9-15)18(21)19-16-10-7-14(20(22)23)11-17(16)24-3/h5-12H,4H2,1-3H3,(H,19,21). The molecule has 0 aliphatic carbocycles. The summed E-state index contributed by atoms with van der Waals surface area (Å²) < 4.78 is 10.8. The molecule has 25 heavy (non-hydrogen) atoms. The fourth-order valence-corrected chi connectivity index (χ4v) is 2.09. The topological polar surface area (TPSA) is 90.7 Å². The number of carbonyl (C=O) groups excluding carboxylic acids is 1. The summed E-state index contributed by atoms with van der Waals surface area (Å²) in [5.74, 6) is 0.570. The van der Waals surface area contributed by atoms with Crippen LogP contribution in [0.15, 0.2) is 42.5 Å². The highest BCUT2D eigenvalue weighted by Gasteiger charge is 2.14. The molecule has 0 aromatic heterocycles. The molecule has 132 valence electrons. The Morgan fingerprint density at radius 1 is 1.24 bits per heavy atom. The van der Waals surface area contributed by atoms with Gasteiger partial charge in [-0.25, -0.2) is 0 Å². The SMILES string of the molecule is CCC(C)Oc1ccc(C(=O)Nc2ccc([N+](=O)[O-])cc2OC)cc1. The number of nitro benzene ring substituents is 1. The number of ether oxygens (including phenoxy) is 2. The molecule has 0 saturated carbocycles. The predicted octanol–water partition coefficient (Wildman–Crippen LogP) is 4.03. The molecule has 2 aromatic rings. The van der Waals surface area contributed by atoms with Crippen LogP contribution in [-0.4, -0.2) is 24.0 Å². The molecular formula is C18H20N2O5. The second-order valence-electron chi connectivity index (χ2n) is 5.46. The molecule has 0 aliphatic heterocycles. The van der Waals surface area contributed by atoms with Crippen molar-refractivity contribution in [2.24, 2.45) is 0 Å². The molecule has 1 N–H and O–H groups in total. The summed E-state index contributed by atoms with van der Waals surface area (Å²) in [5, 5.41) is 13.5. The minimum Gasteiger partial charge on any atom is -0.494 e. The van der Waals surface area contributed by atoms with Gasteiger partial charge in [0.05, 0.1) is 29.9 Å². The van der Waals surface area contributed by atoms with E-state index in [0.29, 0.717) is 17.0 Å². The van der Waals surface area contributed by atoms with Crippen LogP contribution in [0.4, 0.5) is 11.4 Å². The van der Waals surface area contributed by atoms with Crippen LogP contribution in [-0.2, 0) is 0 Å². The fourth-order valence-electron chi connectivity index (χ4n) is 2.09. The average Bonchev–Trinajstić information content (AvgIpc) is 2.62. The lowest BCUT2D eigenvalue weighted by Crippen LogP contribution is -2.13. The molecular weight excluding hydrogens is 324 g/mol. The highest BCUT2D eigenvalue weighted by Crippen LogP contribution is 2.29. The molecule has 0 heterocycles. The lowest BCUT2D eigenvalue weighted by molar-refractivity contribution is -0.384. The molecule has 7 nitrogen and oxygen atoms in total. The number of methoxy groups -OCH3 is 1. The van der Waals surface area contributed by atoms with Gasteiger partial charge in [0.15, 0.2) is 0 Å². The van der Waals surface area contributed by atoms with Crippen LogP contribution in [0.25, 0.3) is 0 Å². The summed E-state index contributed by atoms with van der Waals surface area (Å²) in [6, 6.07) is 10.8. The van der Waals surface area contributed by atoms with Crippen LogP contribution in [0.2, 0.25) is 0 Å². The molecule has 1 atom stereocenters. The number of benzene rings is 2. The number of amides is 1. The van der Waals surface area contributed by atoms with Gasteiger partial charge < -0.3 is 14.8 Å². The molecule has 0 radical (unpaired) electrons. The molecule has 2 rings (SSSR count). The third kappa shape index (κ3) is 4.69. The Bertz CT molecular complexity index is 759. The smallest absolute Gasteiger partial charge is 0.273 e. The summed E-state index contributed by atoms with van der Waals surface area (Å²) in [7, 11) is 1.38. The minimum absolute atomic E-state index is 0.101. The van der Waals surface area contributed by atoms with Gasteiger partial charge in [0.25, 0.3) is 11.6 Å². The summed E-state index contributed by atoms with van der Waals surface area (Å²) in [6.07, 6.45) is 0.992. The van der Waals surface area contributed by atoms with E-state index in [1.807, 2.05) is 13.8 Å². The zero-order chi connectivity index (χ0) is 18.4. The van der Waals surface area contributed by atoms with Gasteiger partial charge in [-0.3, -0.25) is 14.9 Å². The van der Waals surface area contributed by atoms with E-state index in [9.17, 15) is 14.9 Å². The molecule has 0 saturated heterocycles. The second kappa shape index (κ2) is 8.14. The first-order valence-electron chi connectivity index (χ1n) is 7.85. The summed E-state index contributed by atoms with van der Waals surface area (Å²) >= 11 is 0. The summed E-state index contributed by atoms with van der Waals surface area (Å²) in [6.45, 7) is 4.01. The number of nitro groups is 1. The number of nitrogens with zero attached hydrogens (tertiary/aromatic N) is 1. The van der Waals surface area contributed by atoms with Gasteiger partial charge in [0, 0.05) is 11.6 Å². The van der Waals surface area contributed by atoms with Crippen molar-refractivity contribution in [2.75, 3.05) is 12.4 Å². The lowest BCUT2D eigenvalue weighted by Gasteiger charge is -2.13. The molecule has 0 aliphatic rings. The summed E-state index contributed by atoms with van der Waals surface area (Å²) in [5.41, 5.74) is 0.691. The number of non-ortho nitro benzene ring substituents is 1. The van der Waals surface area contributed by atoms with Crippen molar-refractivity contribution in [1.29, 1.82) is 0 Å². The van der Waals surface area contributed by atoms with Crippen LogP contribution in [0.3, 0.4) is 0 Å². The Morgan fingerprint density at radius 2 is 1.92 bits per heavy atom. The zero-order valence-electron chi connectivity index (χ0n) is 14.3. The number of nitrogens with one attached hydrogen (secondary N) is 1. The molecule has 0 spiro atoms. The van der Waals surface area contributed by atoms with Crippen molar-refractivity contribution in [1.82, 2.24) is 0 Å². The highest BCUT2D eigenvalue weighted by molar-refractivity contribution is 6.05. The Morgan fingerprint density at radius 3 is 2.48 bits per heavy atom. The number of anilines is 1. The van der Waals surface area contributed by atoms with Crippen LogP contribution in [0.1, 0.15) is 30.6 Å². The molecule has 7 heteroatoms. The highest BCUT2D eigenvalue weighted by atomic mass is 16.6. The van der Waals surface area contributed by atoms with E-state index in [-0.39, 0.29) is 23.4 Å². The van der Waals surface area contributed by atoms with Crippen LogP contribution >= 0.6 is 0 Å². The van der Waals surface area contributed by atoms with E-state index in [4.69, 9.17) is 9.47 Å². The summed E-state index contributed by atoms with van der Waals surface area (Å²) in [4.78, 5) is 22.6. The van der Waals surface area contributed by atoms with Gasteiger partial charge in [-0.2, -0.15) is 0 Å². The van der Waals surface area contributed by atoms with Crippen molar-refractivity contribution in [3.8, 4) is 11.5 Å². The zero-order valence-corrected chi connectivity index (χ0v) is 14.3. The number of hydrogen-bond acceptors (Lipinski definition) is 5. The number of carbonyl (C=O) groups is 1. The lowest BCUT2D eigenvalue weighted by atomic mass is 10.2. The van der Waals surface area contributed by atoms with Gasteiger partial charge in [0.2, 0.25) is 0 Å². The van der Waals surface area contributed by atoms with E-state index in [0.717, 1.165) is 6.42 Å². The van der Waals surface area contributed by atoms with Crippen molar-refractivity contribution in [3.63, 3.8) is 0 Å². The quantitative estimate of drug-likeness (QED) is 0.605. The monoisotopic (exact) mass is 344 g/mol. The fraction of sp³-hybridized carbons (Fsp3) is 0.278. The minimum atomic E-state index is -0.524. The van der Waals surface area contributed by atoms with Gasteiger partial charge in [0.1, 0.15) is 11.5 Å². The van der Waals surface area contributed by atoms with Crippen LogP contribution < -0.4 is 14.8 Å². The maximum atomic E-state index is 12.3. The third-order valence-electron chi connectivity index (χ3n) is 3.67. The van der Waals surface area contributed by atoms with Gasteiger partial charge in [-0.15, -0.1) is 0 Å². The van der Waals surface area contributed by atoms with E-state index >= 15 is 0 Å². The normalized spacial score (nSPS) is 11.5. The largest absolute Gasteiger partial charge is 0.494 e. The van der Waals surface area contributed by atoms with E-state index in [1.54, 1.807) is 24.3 Å². The first-order chi connectivity index (χ1) is 11.9. The van der Waals surface area contributed by atoms with E-state index < -0.39 is 4.92 Å². The Labute approximate surface area is 145 Å². The predicted molar refractivity (Wildman–Crippen MR) is 94.4 cm³/mol. The maximum absolute atomic E-state index is 12.3. The van der Waals surface area contributed by atoms with Crippen molar-refractivity contribution in [3.05, 3.63) is 58.1 Å². The molecule has 1 amide bonds. The van der Waals surface area contributed by atoms with Crippen molar-refractivity contribution >= 4 is 17.3 Å². The molecule has 0 fully saturated rings. The third-order valence-corrected chi connectivity index (χ3v) is 3.67. The first-order valence-corrected chi connectivity index (χ1v) is 7.85. The van der Waals surface area contributed by atoms with Gasteiger partial charge >= 0.3 is 0 Å². The Kier molecular flexibility index (Phi) is 5.94. The number of rotatable bonds is 7. The van der Waals surface area contributed by atoms with Crippen molar-refractivity contribution in [2.45, 2.75) is 26.4 Å². The van der Waals surface area contributed by atoms with Crippen LogP contribution in [0, 0.1) is 10.1 Å². The second-order valence-corrected chi connectivity index (χ2v) is 5.46. The Balaban J connectivity index is 2.12. The van der Waals surface area contributed by atoms with Gasteiger partial charge in [-0.1, -0.05) is 6.92 Å².